The predicted octanol–water partition coefficient (Wildman–Crippen LogP) is 2.73. The second-order valence-electron chi connectivity index (χ2n) is 5.50. The van der Waals surface area contributed by atoms with Gasteiger partial charge in [-0.2, -0.15) is 5.26 Å². The standard InChI is InChI=1S/C18H13N3O2/c19-6-10-1-2-13-15-7-20-16-5-12(9-23)11(8-22)4-14(16)18(15)21-17(13)3-10/h1-5,7,21-23H,8-9H2. The zero-order chi connectivity index (χ0) is 16.0. The minimum Gasteiger partial charge on any atom is -0.392 e. The molecule has 0 aliphatic carbocycles. The number of fused-ring (bicyclic) bond motifs is 5. The molecule has 0 fully saturated rings. The summed E-state index contributed by atoms with van der Waals surface area (Å²) in [5.74, 6) is 0. The summed E-state index contributed by atoms with van der Waals surface area (Å²) in [7, 11) is 0. The molecular weight excluding hydrogens is 290 g/mol. The van der Waals surface area contributed by atoms with E-state index in [1.807, 2.05) is 18.2 Å². The zero-order valence-electron chi connectivity index (χ0n) is 12.2. The van der Waals surface area contributed by atoms with Crippen molar-refractivity contribution in [2.75, 3.05) is 0 Å². The fourth-order valence-corrected chi connectivity index (χ4v) is 3.05. The van der Waals surface area contributed by atoms with Gasteiger partial charge in [0.2, 0.25) is 0 Å². The van der Waals surface area contributed by atoms with Crippen LogP contribution in [-0.2, 0) is 13.2 Å². The first-order chi connectivity index (χ1) is 11.2. The Bertz CT molecular complexity index is 1110. The van der Waals surface area contributed by atoms with Crippen molar-refractivity contribution in [2.45, 2.75) is 13.2 Å². The molecule has 0 saturated heterocycles. The van der Waals surface area contributed by atoms with E-state index in [0.29, 0.717) is 16.7 Å². The molecule has 23 heavy (non-hydrogen) atoms. The summed E-state index contributed by atoms with van der Waals surface area (Å²) in [4.78, 5) is 7.83. The highest BCUT2D eigenvalue weighted by atomic mass is 16.3. The third-order valence-electron chi connectivity index (χ3n) is 4.23. The van der Waals surface area contributed by atoms with Crippen molar-refractivity contribution in [3.8, 4) is 6.07 Å². The molecule has 5 heteroatoms. The van der Waals surface area contributed by atoms with Gasteiger partial charge in [-0.3, -0.25) is 4.98 Å². The van der Waals surface area contributed by atoms with E-state index in [0.717, 1.165) is 32.7 Å². The van der Waals surface area contributed by atoms with Crippen LogP contribution in [0.2, 0.25) is 0 Å². The Balaban J connectivity index is 2.13. The molecule has 2 heterocycles. The number of aliphatic hydroxyl groups is 2. The first kappa shape index (κ1) is 13.7. The normalized spacial score (nSPS) is 11.3. The summed E-state index contributed by atoms with van der Waals surface area (Å²) >= 11 is 0. The number of rotatable bonds is 2. The Hall–Kier alpha value is -2.94. The molecule has 2 aromatic carbocycles. The number of nitriles is 1. The van der Waals surface area contributed by atoms with Gasteiger partial charge in [-0.1, -0.05) is 6.07 Å². The first-order valence-corrected chi connectivity index (χ1v) is 7.23. The van der Waals surface area contributed by atoms with Crippen LogP contribution in [0.4, 0.5) is 0 Å². The maximum atomic E-state index is 9.51. The number of benzene rings is 2. The van der Waals surface area contributed by atoms with Crippen LogP contribution in [0, 0.1) is 11.3 Å². The first-order valence-electron chi connectivity index (χ1n) is 7.23. The highest BCUT2D eigenvalue weighted by Crippen LogP contribution is 2.31. The summed E-state index contributed by atoms with van der Waals surface area (Å²) in [5, 5.41) is 30.8. The quantitative estimate of drug-likeness (QED) is 0.531. The Labute approximate surface area is 131 Å². The van der Waals surface area contributed by atoms with Crippen LogP contribution in [0.1, 0.15) is 16.7 Å². The van der Waals surface area contributed by atoms with Crippen LogP contribution in [-0.4, -0.2) is 20.2 Å². The van der Waals surface area contributed by atoms with Crippen molar-refractivity contribution in [3.63, 3.8) is 0 Å². The summed E-state index contributed by atoms with van der Waals surface area (Å²) in [5.41, 5.74) is 4.51. The molecule has 0 aliphatic rings. The number of H-pyrrole nitrogens is 1. The second kappa shape index (κ2) is 5.06. The summed E-state index contributed by atoms with van der Waals surface area (Å²) in [6, 6.07) is 11.3. The minimum atomic E-state index is -0.138. The third-order valence-corrected chi connectivity index (χ3v) is 4.23. The molecule has 5 nitrogen and oxygen atoms in total. The van der Waals surface area contributed by atoms with Crippen molar-refractivity contribution in [1.29, 1.82) is 5.26 Å². The molecule has 2 aromatic heterocycles. The average molecular weight is 303 g/mol. The van der Waals surface area contributed by atoms with Crippen LogP contribution < -0.4 is 0 Å². The van der Waals surface area contributed by atoms with E-state index >= 15 is 0 Å². The van der Waals surface area contributed by atoms with E-state index < -0.39 is 0 Å². The van der Waals surface area contributed by atoms with Crippen molar-refractivity contribution in [3.05, 3.63) is 53.2 Å². The summed E-state index contributed by atoms with van der Waals surface area (Å²) in [6.45, 7) is -0.273. The molecule has 0 saturated carbocycles. The number of aromatic amines is 1. The Morgan fingerprint density at radius 3 is 2.52 bits per heavy atom. The summed E-state index contributed by atoms with van der Waals surface area (Å²) < 4.78 is 0. The Kier molecular flexibility index (Phi) is 3.01. The number of aromatic nitrogens is 2. The van der Waals surface area contributed by atoms with Gasteiger partial charge in [0.1, 0.15) is 0 Å². The van der Waals surface area contributed by atoms with Gasteiger partial charge in [0.05, 0.1) is 35.9 Å². The maximum absolute atomic E-state index is 9.51. The van der Waals surface area contributed by atoms with Gasteiger partial charge in [-0.15, -0.1) is 0 Å². The van der Waals surface area contributed by atoms with Gasteiger partial charge in [0, 0.05) is 27.9 Å². The van der Waals surface area contributed by atoms with E-state index in [1.54, 1.807) is 18.3 Å². The SMILES string of the molecule is N#Cc1ccc2c(c1)[nH]c1c3cc(CO)c(CO)cc3ncc21. The van der Waals surface area contributed by atoms with Gasteiger partial charge in [-0.05, 0) is 35.4 Å². The molecule has 0 atom stereocenters. The monoisotopic (exact) mass is 303 g/mol. The van der Waals surface area contributed by atoms with Crippen LogP contribution in [0.15, 0.2) is 36.5 Å². The van der Waals surface area contributed by atoms with Gasteiger partial charge < -0.3 is 15.2 Å². The fourth-order valence-electron chi connectivity index (χ4n) is 3.05. The summed E-state index contributed by atoms with van der Waals surface area (Å²) in [6.07, 6.45) is 1.79. The Morgan fingerprint density at radius 2 is 1.78 bits per heavy atom. The van der Waals surface area contributed by atoms with Crippen LogP contribution >= 0.6 is 0 Å². The third kappa shape index (κ3) is 1.97. The molecule has 0 spiro atoms. The highest BCUT2D eigenvalue weighted by Gasteiger charge is 2.12. The van der Waals surface area contributed by atoms with Crippen molar-refractivity contribution in [2.24, 2.45) is 0 Å². The molecule has 0 amide bonds. The fraction of sp³-hybridized carbons (Fsp3) is 0.111. The van der Waals surface area contributed by atoms with E-state index in [2.05, 4.69) is 16.0 Å². The lowest BCUT2D eigenvalue weighted by atomic mass is 10.0. The molecule has 0 aliphatic heterocycles. The lowest BCUT2D eigenvalue weighted by Gasteiger charge is -2.07. The number of pyridine rings is 1. The molecule has 0 unspecified atom stereocenters. The van der Waals surface area contributed by atoms with E-state index in [1.165, 1.54) is 0 Å². The molecule has 0 bridgehead atoms. The van der Waals surface area contributed by atoms with Gasteiger partial charge >= 0.3 is 0 Å². The Morgan fingerprint density at radius 1 is 1.00 bits per heavy atom. The number of hydrogen-bond donors (Lipinski definition) is 3. The molecular formula is C18H13N3O2. The molecule has 4 rings (SSSR count). The maximum Gasteiger partial charge on any atom is 0.0992 e. The molecule has 3 N–H and O–H groups in total. The van der Waals surface area contributed by atoms with Crippen molar-refractivity contribution < 1.29 is 10.2 Å². The van der Waals surface area contributed by atoms with E-state index in [-0.39, 0.29) is 13.2 Å². The molecule has 0 radical (unpaired) electrons. The van der Waals surface area contributed by atoms with Crippen LogP contribution in [0.3, 0.4) is 0 Å². The number of nitrogens with one attached hydrogen (secondary N) is 1. The number of nitrogens with zero attached hydrogens (tertiary/aromatic N) is 2. The highest BCUT2D eigenvalue weighted by molar-refractivity contribution is 6.16. The largest absolute Gasteiger partial charge is 0.392 e. The minimum absolute atomic E-state index is 0.135. The van der Waals surface area contributed by atoms with Crippen molar-refractivity contribution in [1.82, 2.24) is 9.97 Å². The lowest BCUT2D eigenvalue weighted by Crippen LogP contribution is -1.95. The lowest BCUT2D eigenvalue weighted by molar-refractivity contribution is 0.260. The topological polar surface area (TPSA) is 92.9 Å². The van der Waals surface area contributed by atoms with Crippen LogP contribution in [0.25, 0.3) is 32.7 Å². The smallest absolute Gasteiger partial charge is 0.0992 e. The van der Waals surface area contributed by atoms with E-state index in [9.17, 15) is 10.2 Å². The second-order valence-corrected chi connectivity index (χ2v) is 5.50. The molecule has 112 valence electrons. The van der Waals surface area contributed by atoms with E-state index in [4.69, 9.17) is 5.26 Å². The average Bonchev–Trinajstić information content (AvgIpc) is 2.98. The van der Waals surface area contributed by atoms with Gasteiger partial charge in [0.25, 0.3) is 0 Å². The number of aliphatic hydroxyl groups excluding tert-OH is 2. The van der Waals surface area contributed by atoms with Gasteiger partial charge in [-0.25, -0.2) is 0 Å². The predicted molar refractivity (Wildman–Crippen MR) is 87.7 cm³/mol. The van der Waals surface area contributed by atoms with Crippen molar-refractivity contribution >= 4 is 32.7 Å². The zero-order valence-corrected chi connectivity index (χ0v) is 12.2. The number of hydrogen-bond acceptors (Lipinski definition) is 4. The van der Waals surface area contributed by atoms with Gasteiger partial charge in [0.15, 0.2) is 0 Å². The molecule has 4 aromatic rings. The van der Waals surface area contributed by atoms with Crippen LogP contribution in [0.5, 0.6) is 0 Å².